The zero-order valence-electron chi connectivity index (χ0n) is 48.8. The van der Waals surface area contributed by atoms with Gasteiger partial charge in [0.05, 0.1) is 53.6 Å². The zero-order valence-corrected chi connectivity index (χ0v) is 25.8. The quantitative estimate of drug-likeness (QED) is 0.182. The van der Waals surface area contributed by atoms with Crippen molar-refractivity contribution < 1.29 is 35.9 Å². The molecule has 51 heavy (non-hydrogen) atoms. The van der Waals surface area contributed by atoms with Crippen LogP contribution in [0, 0.1) is 0 Å². The Balaban J connectivity index is 1.29. The monoisotopic (exact) mass is 673 g/mol. The van der Waals surface area contributed by atoms with Crippen LogP contribution in [0.25, 0.3) is 99.2 Å². The van der Waals surface area contributed by atoms with Gasteiger partial charge in [-0.05, 0) is 82.7 Å². The lowest BCUT2D eigenvalue weighted by atomic mass is 9.99. The first-order valence-electron chi connectivity index (χ1n) is 27.1. The molecule has 0 amide bonds. The fourth-order valence-corrected chi connectivity index (χ4v) is 6.58. The van der Waals surface area contributed by atoms with E-state index in [2.05, 4.69) is 0 Å². The third kappa shape index (κ3) is 4.19. The molecule has 0 spiro atoms. The molecule has 0 aliphatic rings. The highest BCUT2D eigenvalue weighted by Gasteiger charge is 2.18. The van der Waals surface area contributed by atoms with Crippen molar-refractivity contribution in [1.29, 1.82) is 0 Å². The Hall–Kier alpha value is -6.84. The minimum Gasteiger partial charge on any atom is -0.456 e. The Labute approximate surface area is 326 Å². The van der Waals surface area contributed by atoms with E-state index in [0.29, 0.717) is 5.69 Å². The van der Waals surface area contributed by atoms with Crippen molar-refractivity contribution in [3.63, 3.8) is 0 Å². The third-order valence-corrected chi connectivity index (χ3v) is 8.76. The van der Waals surface area contributed by atoms with Gasteiger partial charge in [0, 0.05) is 49.7 Å². The number of nitrogens with zero attached hydrogens (tertiary/aromatic N) is 2. The van der Waals surface area contributed by atoms with Crippen LogP contribution in [0.3, 0.4) is 0 Å². The summed E-state index contributed by atoms with van der Waals surface area (Å²) in [6, 6.07) is -5.24. The van der Waals surface area contributed by atoms with Crippen LogP contribution in [-0.2, 0) is 0 Å². The molecule has 0 unspecified atom stereocenters. The Morgan fingerprint density at radius 2 is 1.12 bits per heavy atom. The Morgan fingerprint density at radius 3 is 1.98 bits per heavy atom. The molecule has 3 heterocycles. The molecule has 0 aliphatic heterocycles. The standard InChI is InChI=1S/C48H30N2O/c1-3-12-31(13-4-1)36-18-11-21-46-48(36)40-26-24-35(30-47(40)51-46)50-43-20-10-8-17-38(43)41-28-32(23-27-44(41)50)33-22-25-39-37-16-7-9-19-42(37)49(45(39)29-33)34-14-5-2-6-15-34/h1-30H/i1D,3D,4D,7D,8D,9D,10D,11D,12D,16D,17D,18D,19D,20D,21D,22D,23D,24D,25D,26D,28D,29D,30D. The lowest BCUT2D eigenvalue weighted by Crippen LogP contribution is -1.94. The first-order chi connectivity index (χ1) is 34.9. The van der Waals surface area contributed by atoms with Crippen molar-refractivity contribution >= 4 is 65.6 Å². The van der Waals surface area contributed by atoms with E-state index in [9.17, 15) is 13.7 Å². The average Bonchev–Trinajstić information content (AvgIpc) is 4.10. The molecule has 0 saturated carbocycles. The molecule has 3 heteroatoms. The zero-order chi connectivity index (χ0) is 53.5. The van der Waals surface area contributed by atoms with Crippen LogP contribution >= 0.6 is 0 Å². The van der Waals surface area contributed by atoms with Crippen LogP contribution in [-0.4, -0.2) is 9.13 Å². The van der Waals surface area contributed by atoms with Crippen LogP contribution in [0.15, 0.2) is 186 Å². The second-order valence-electron chi connectivity index (χ2n) is 11.5. The fourth-order valence-electron chi connectivity index (χ4n) is 6.58. The largest absolute Gasteiger partial charge is 0.456 e. The van der Waals surface area contributed by atoms with E-state index in [1.807, 2.05) is 0 Å². The van der Waals surface area contributed by atoms with Gasteiger partial charge in [-0.25, -0.2) is 0 Å². The number of benzene rings is 8. The highest BCUT2D eigenvalue weighted by atomic mass is 16.3. The van der Waals surface area contributed by atoms with Crippen molar-refractivity contribution in [1.82, 2.24) is 9.13 Å². The molecule has 11 rings (SSSR count). The van der Waals surface area contributed by atoms with Crippen LogP contribution in [0.5, 0.6) is 0 Å². The number of hydrogen-bond donors (Lipinski definition) is 0. The highest BCUT2D eigenvalue weighted by molar-refractivity contribution is 6.14. The first kappa shape index (κ1) is 13.8. The number of fused-ring (bicyclic) bond motifs is 9. The van der Waals surface area contributed by atoms with Crippen molar-refractivity contribution in [3.05, 3.63) is 181 Å². The Kier molecular flexibility index (Phi) is 2.93. The average molecular weight is 674 g/mol. The third-order valence-electron chi connectivity index (χ3n) is 8.76. The van der Waals surface area contributed by atoms with E-state index in [4.69, 9.17) is 22.2 Å². The van der Waals surface area contributed by atoms with Crippen LogP contribution in [0.2, 0.25) is 0 Å². The van der Waals surface area contributed by atoms with E-state index >= 15 is 0 Å². The maximum absolute atomic E-state index is 9.88. The predicted octanol–water partition coefficient (Wildman–Crippen LogP) is 13.1. The SMILES string of the molecule is [2H]c1cc(-c2c([2H])c([2H])c([2H])c3oc4c([2H])c(-n5c6cc([2H])c(-c7c([2H])c([2H])c8c9c([2H])c([2H])c([2H])c([2H])c9n(-c9ccccc9)c8c7[2H])c([2H])c6c6c([2H])c([2H])c([2H])c([2H])c65)c([2H])c([2H])c4c23)c([2H])c([2H])c1[2H]. The van der Waals surface area contributed by atoms with Gasteiger partial charge in [0.15, 0.2) is 0 Å². The molecule has 0 N–H and O–H groups in total. The lowest BCUT2D eigenvalue weighted by Gasteiger charge is -2.10. The molecular formula is C48H30N2O. The Morgan fingerprint density at radius 1 is 0.392 bits per heavy atom. The van der Waals surface area contributed by atoms with Crippen molar-refractivity contribution in [2.24, 2.45) is 0 Å². The maximum Gasteiger partial charge on any atom is 0.137 e. The molecule has 0 fully saturated rings. The van der Waals surface area contributed by atoms with Gasteiger partial charge in [-0.1, -0.05) is 115 Å². The van der Waals surface area contributed by atoms with Gasteiger partial charge >= 0.3 is 0 Å². The molecule has 0 saturated heterocycles. The van der Waals surface area contributed by atoms with Gasteiger partial charge in [-0.2, -0.15) is 0 Å². The maximum atomic E-state index is 9.88. The highest BCUT2D eigenvalue weighted by Crippen LogP contribution is 2.41. The molecule has 0 aliphatic carbocycles. The van der Waals surface area contributed by atoms with E-state index in [0.717, 1.165) is 16.7 Å². The van der Waals surface area contributed by atoms with E-state index in [-0.39, 0.29) is 60.0 Å². The summed E-state index contributed by atoms with van der Waals surface area (Å²) < 4.78 is 216. The van der Waals surface area contributed by atoms with Gasteiger partial charge in [-0.15, -0.1) is 0 Å². The summed E-state index contributed by atoms with van der Waals surface area (Å²) in [5, 5.41) is -1.73. The summed E-state index contributed by atoms with van der Waals surface area (Å²) in [5.74, 6) is 0. The molecule has 3 aromatic heterocycles. The second kappa shape index (κ2) is 10.8. The van der Waals surface area contributed by atoms with Crippen molar-refractivity contribution in [3.8, 4) is 33.6 Å². The van der Waals surface area contributed by atoms with Gasteiger partial charge in [0.1, 0.15) is 11.2 Å². The predicted molar refractivity (Wildman–Crippen MR) is 213 cm³/mol. The lowest BCUT2D eigenvalue weighted by molar-refractivity contribution is 0.668. The summed E-state index contributed by atoms with van der Waals surface area (Å²) in [6.45, 7) is 0. The van der Waals surface area contributed by atoms with E-state index in [1.54, 1.807) is 30.3 Å². The second-order valence-corrected chi connectivity index (χ2v) is 11.5. The molecule has 238 valence electrons. The number of rotatable bonds is 4. The summed E-state index contributed by atoms with van der Waals surface area (Å²) in [5.41, 5.74) is -3.94. The fraction of sp³-hybridized carbons (Fsp3) is 0. The minimum atomic E-state index is -0.818. The topological polar surface area (TPSA) is 23.0 Å². The Bertz CT molecular complexity index is 4460. The normalized spacial score (nSPS) is 18.2. The molecule has 8 aromatic carbocycles. The first-order valence-corrected chi connectivity index (χ1v) is 15.6. The van der Waals surface area contributed by atoms with Crippen molar-refractivity contribution in [2.45, 2.75) is 0 Å². The van der Waals surface area contributed by atoms with Gasteiger partial charge in [0.2, 0.25) is 0 Å². The summed E-state index contributed by atoms with van der Waals surface area (Å²) in [6.07, 6.45) is 0. The summed E-state index contributed by atoms with van der Waals surface area (Å²) in [7, 11) is 0. The minimum absolute atomic E-state index is 0.113. The summed E-state index contributed by atoms with van der Waals surface area (Å²) >= 11 is 0. The molecule has 11 aromatic rings. The van der Waals surface area contributed by atoms with Gasteiger partial charge < -0.3 is 13.6 Å². The smallest absolute Gasteiger partial charge is 0.137 e. The number of furan rings is 1. The molecular weight excluding hydrogens is 621 g/mol. The number of aromatic nitrogens is 2. The molecule has 0 bridgehead atoms. The molecule has 0 radical (unpaired) electrons. The van der Waals surface area contributed by atoms with Crippen LogP contribution in [0.4, 0.5) is 0 Å². The summed E-state index contributed by atoms with van der Waals surface area (Å²) in [4.78, 5) is 0. The van der Waals surface area contributed by atoms with Crippen LogP contribution in [0.1, 0.15) is 31.5 Å². The van der Waals surface area contributed by atoms with E-state index < -0.39 is 172 Å². The van der Waals surface area contributed by atoms with Crippen molar-refractivity contribution in [2.75, 3.05) is 0 Å². The number of para-hydroxylation sites is 3. The van der Waals surface area contributed by atoms with E-state index in [1.165, 1.54) is 4.57 Å². The number of hydrogen-bond acceptors (Lipinski definition) is 1. The van der Waals surface area contributed by atoms with Crippen LogP contribution < -0.4 is 0 Å². The molecule has 0 atom stereocenters. The van der Waals surface area contributed by atoms with Gasteiger partial charge in [-0.3, -0.25) is 0 Å². The molecule has 3 nitrogen and oxygen atoms in total. The van der Waals surface area contributed by atoms with Gasteiger partial charge in [0.25, 0.3) is 0 Å².